The summed E-state index contributed by atoms with van der Waals surface area (Å²) >= 11 is 0. The smallest absolute Gasteiger partial charge is 0.177 e. The summed E-state index contributed by atoms with van der Waals surface area (Å²) in [6.45, 7) is 1.17. The van der Waals surface area contributed by atoms with E-state index in [9.17, 15) is 8.42 Å². The lowest BCUT2D eigenvalue weighted by atomic mass is 10.3. The van der Waals surface area contributed by atoms with E-state index < -0.39 is 9.84 Å². The van der Waals surface area contributed by atoms with Gasteiger partial charge in [0.25, 0.3) is 0 Å². The number of para-hydroxylation sites is 1. The number of sulfone groups is 1. The average Bonchev–Trinajstić information content (AvgIpc) is 2.74. The molecule has 0 saturated carbocycles. The molecule has 0 saturated heterocycles. The summed E-state index contributed by atoms with van der Waals surface area (Å²) in [5.41, 5.74) is 6.77. The number of rotatable bonds is 5. The van der Waals surface area contributed by atoms with E-state index in [1.54, 1.807) is 41.3 Å². The van der Waals surface area contributed by atoms with Gasteiger partial charge in [0.05, 0.1) is 29.0 Å². The fourth-order valence-electron chi connectivity index (χ4n) is 1.74. The Balaban J connectivity index is 2.04. The van der Waals surface area contributed by atoms with Crippen molar-refractivity contribution in [1.29, 1.82) is 0 Å². The first-order valence-corrected chi connectivity index (χ1v) is 7.67. The second-order valence-corrected chi connectivity index (χ2v) is 6.22. The van der Waals surface area contributed by atoms with E-state index in [4.69, 9.17) is 5.73 Å². The van der Waals surface area contributed by atoms with Gasteiger partial charge < -0.3 is 11.1 Å². The standard InChI is InChI=1S/C12H16N4O2S/c1-19(17,18)12-5-3-2-4-11(12)14-6-7-16-9-10(13)8-15-16/h2-5,8-9,14H,6-7,13H2,1H3. The average molecular weight is 280 g/mol. The highest BCUT2D eigenvalue weighted by atomic mass is 32.2. The van der Waals surface area contributed by atoms with Crippen LogP contribution in [0.25, 0.3) is 0 Å². The number of benzene rings is 1. The summed E-state index contributed by atoms with van der Waals surface area (Å²) in [6, 6.07) is 6.83. The van der Waals surface area contributed by atoms with Crippen LogP contribution >= 0.6 is 0 Å². The minimum absolute atomic E-state index is 0.301. The van der Waals surface area contributed by atoms with Crippen LogP contribution in [0.3, 0.4) is 0 Å². The van der Waals surface area contributed by atoms with Crippen LogP contribution in [0, 0.1) is 0 Å². The van der Waals surface area contributed by atoms with Crippen molar-refractivity contribution in [3.63, 3.8) is 0 Å². The second-order valence-electron chi connectivity index (χ2n) is 4.23. The number of nitrogens with two attached hydrogens (primary N) is 1. The molecule has 0 atom stereocenters. The number of hydrogen-bond donors (Lipinski definition) is 2. The molecule has 3 N–H and O–H groups in total. The monoisotopic (exact) mass is 280 g/mol. The number of nitrogen functional groups attached to an aromatic ring is 1. The molecule has 0 amide bonds. The Hall–Kier alpha value is -2.02. The molecular weight excluding hydrogens is 264 g/mol. The summed E-state index contributed by atoms with van der Waals surface area (Å²) in [6.07, 6.45) is 4.50. The minimum Gasteiger partial charge on any atom is -0.396 e. The lowest BCUT2D eigenvalue weighted by Gasteiger charge is -2.10. The van der Waals surface area contributed by atoms with Crippen LogP contribution in [0.15, 0.2) is 41.6 Å². The van der Waals surface area contributed by atoms with Crippen molar-refractivity contribution in [2.24, 2.45) is 0 Å². The first-order valence-electron chi connectivity index (χ1n) is 5.78. The predicted molar refractivity (Wildman–Crippen MR) is 74.7 cm³/mol. The fraction of sp³-hybridized carbons (Fsp3) is 0.250. The van der Waals surface area contributed by atoms with Gasteiger partial charge in [-0.1, -0.05) is 12.1 Å². The van der Waals surface area contributed by atoms with Crippen molar-refractivity contribution in [2.45, 2.75) is 11.4 Å². The second kappa shape index (κ2) is 5.31. The maximum Gasteiger partial charge on any atom is 0.177 e. The van der Waals surface area contributed by atoms with Crippen molar-refractivity contribution in [2.75, 3.05) is 23.9 Å². The van der Waals surface area contributed by atoms with E-state index in [2.05, 4.69) is 10.4 Å². The van der Waals surface area contributed by atoms with E-state index in [1.807, 2.05) is 0 Å². The van der Waals surface area contributed by atoms with E-state index in [-0.39, 0.29) is 0 Å². The molecule has 0 aliphatic carbocycles. The van der Waals surface area contributed by atoms with Gasteiger partial charge in [-0.15, -0.1) is 0 Å². The van der Waals surface area contributed by atoms with Crippen LogP contribution in [-0.4, -0.2) is 31.0 Å². The van der Waals surface area contributed by atoms with Gasteiger partial charge in [-0.25, -0.2) is 8.42 Å². The molecule has 6 nitrogen and oxygen atoms in total. The van der Waals surface area contributed by atoms with Gasteiger partial charge in [0, 0.05) is 19.0 Å². The van der Waals surface area contributed by atoms with Crippen molar-refractivity contribution in [3.05, 3.63) is 36.7 Å². The number of anilines is 2. The highest BCUT2D eigenvalue weighted by Crippen LogP contribution is 2.20. The van der Waals surface area contributed by atoms with Crippen LogP contribution < -0.4 is 11.1 Å². The van der Waals surface area contributed by atoms with E-state index in [0.717, 1.165) is 0 Å². The summed E-state index contributed by atoms with van der Waals surface area (Å²) in [7, 11) is -3.23. The first kappa shape index (κ1) is 13.4. The highest BCUT2D eigenvalue weighted by Gasteiger charge is 2.11. The predicted octanol–water partition coefficient (Wildman–Crippen LogP) is 0.981. The number of hydrogen-bond acceptors (Lipinski definition) is 5. The molecule has 0 spiro atoms. The first-order chi connectivity index (χ1) is 8.97. The molecule has 7 heteroatoms. The normalized spacial score (nSPS) is 11.4. The summed E-state index contributed by atoms with van der Waals surface area (Å²) in [5.74, 6) is 0. The summed E-state index contributed by atoms with van der Waals surface area (Å²) in [4.78, 5) is 0.301. The van der Waals surface area contributed by atoms with Crippen LogP contribution in [0.1, 0.15) is 0 Å². The van der Waals surface area contributed by atoms with Gasteiger partial charge >= 0.3 is 0 Å². The SMILES string of the molecule is CS(=O)(=O)c1ccccc1NCCn1cc(N)cn1. The molecular formula is C12H16N4O2S. The van der Waals surface area contributed by atoms with Gasteiger partial charge in [0.15, 0.2) is 9.84 Å². The lowest BCUT2D eigenvalue weighted by Crippen LogP contribution is -2.13. The third kappa shape index (κ3) is 3.47. The molecule has 19 heavy (non-hydrogen) atoms. The summed E-state index contributed by atoms with van der Waals surface area (Å²) < 4.78 is 24.9. The largest absolute Gasteiger partial charge is 0.396 e. The van der Waals surface area contributed by atoms with Crippen LogP contribution in [0.4, 0.5) is 11.4 Å². The Bertz CT molecular complexity index is 664. The maximum atomic E-state index is 11.6. The number of nitrogens with zero attached hydrogens (tertiary/aromatic N) is 2. The maximum absolute atomic E-state index is 11.6. The summed E-state index contributed by atoms with van der Waals surface area (Å²) in [5, 5.41) is 7.15. The Labute approximate surface area is 112 Å². The van der Waals surface area contributed by atoms with Gasteiger partial charge in [-0.3, -0.25) is 4.68 Å². The molecule has 0 aliphatic heterocycles. The molecule has 2 rings (SSSR count). The highest BCUT2D eigenvalue weighted by molar-refractivity contribution is 7.90. The fourth-order valence-corrected chi connectivity index (χ4v) is 2.61. The van der Waals surface area contributed by atoms with Gasteiger partial charge in [-0.05, 0) is 12.1 Å². The molecule has 0 bridgehead atoms. The van der Waals surface area contributed by atoms with Crippen LogP contribution in [-0.2, 0) is 16.4 Å². The van der Waals surface area contributed by atoms with Crippen molar-refractivity contribution in [3.8, 4) is 0 Å². The molecule has 1 heterocycles. The number of nitrogens with one attached hydrogen (secondary N) is 1. The molecule has 102 valence electrons. The van der Waals surface area contributed by atoms with Crippen molar-refractivity contribution in [1.82, 2.24) is 9.78 Å². The van der Waals surface area contributed by atoms with E-state index in [1.165, 1.54) is 6.26 Å². The topological polar surface area (TPSA) is 90.0 Å². The molecule has 1 aromatic heterocycles. The Morgan fingerprint density at radius 1 is 1.37 bits per heavy atom. The zero-order valence-electron chi connectivity index (χ0n) is 10.6. The molecule has 0 aliphatic rings. The van der Waals surface area contributed by atoms with Crippen molar-refractivity contribution >= 4 is 21.2 Å². The van der Waals surface area contributed by atoms with Gasteiger partial charge in [0.1, 0.15) is 0 Å². The van der Waals surface area contributed by atoms with E-state index >= 15 is 0 Å². The van der Waals surface area contributed by atoms with Crippen LogP contribution in [0.5, 0.6) is 0 Å². The third-order valence-corrected chi connectivity index (χ3v) is 3.75. The Morgan fingerprint density at radius 3 is 2.74 bits per heavy atom. The molecule has 1 aromatic carbocycles. The Morgan fingerprint density at radius 2 is 2.11 bits per heavy atom. The van der Waals surface area contributed by atoms with Crippen LogP contribution in [0.2, 0.25) is 0 Å². The molecule has 0 fully saturated rings. The van der Waals surface area contributed by atoms with Gasteiger partial charge in [0.2, 0.25) is 0 Å². The molecule has 2 aromatic rings. The minimum atomic E-state index is -3.23. The zero-order valence-corrected chi connectivity index (χ0v) is 11.4. The molecule has 0 unspecified atom stereocenters. The zero-order chi connectivity index (χ0) is 13.9. The third-order valence-electron chi connectivity index (χ3n) is 2.60. The number of aromatic nitrogens is 2. The van der Waals surface area contributed by atoms with Gasteiger partial charge in [-0.2, -0.15) is 5.10 Å². The quantitative estimate of drug-likeness (QED) is 0.852. The van der Waals surface area contributed by atoms with E-state index in [0.29, 0.717) is 29.4 Å². The van der Waals surface area contributed by atoms with Crippen molar-refractivity contribution < 1.29 is 8.42 Å². The molecule has 0 radical (unpaired) electrons. The lowest BCUT2D eigenvalue weighted by molar-refractivity contribution is 0.601. The Kier molecular flexibility index (Phi) is 3.75.